The maximum atomic E-state index is 11.8. The fourth-order valence-electron chi connectivity index (χ4n) is 3.27. The highest BCUT2D eigenvalue weighted by molar-refractivity contribution is 7.11. The van der Waals surface area contributed by atoms with E-state index in [4.69, 9.17) is 4.99 Å². The van der Waals surface area contributed by atoms with Gasteiger partial charge in [0.05, 0.1) is 10.6 Å². The van der Waals surface area contributed by atoms with Gasteiger partial charge in [0.2, 0.25) is 0 Å². The van der Waals surface area contributed by atoms with Gasteiger partial charge in [-0.25, -0.2) is 4.99 Å². The number of ketones is 1. The Morgan fingerprint density at radius 1 is 1.17 bits per heavy atom. The molecule has 1 aromatic heterocycles. The first-order valence-electron chi connectivity index (χ1n) is 8.71. The molecule has 0 aliphatic carbocycles. The molecule has 0 radical (unpaired) electrons. The van der Waals surface area contributed by atoms with Crippen LogP contribution in [-0.4, -0.2) is 23.4 Å². The van der Waals surface area contributed by atoms with Crippen LogP contribution in [-0.2, 0) is 6.54 Å². The summed E-state index contributed by atoms with van der Waals surface area (Å²) < 4.78 is 2.11. The molecule has 0 atom stereocenters. The monoisotopic (exact) mass is 343 g/mol. The molecule has 0 spiro atoms. The van der Waals surface area contributed by atoms with E-state index in [1.54, 1.807) is 6.92 Å². The number of carbonyl (C=O) groups excluding carboxylic acids is 1. The maximum absolute atomic E-state index is 11.8. The smallest absolute Gasteiger partial charge is 0.190 e. The van der Waals surface area contributed by atoms with E-state index in [2.05, 4.69) is 40.7 Å². The highest BCUT2D eigenvalue weighted by atomic mass is 32.1. The van der Waals surface area contributed by atoms with Gasteiger partial charge in [-0.1, -0.05) is 11.3 Å². The minimum Gasteiger partial charge on any atom is -0.372 e. The van der Waals surface area contributed by atoms with E-state index in [0.29, 0.717) is 0 Å². The molecule has 0 amide bonds. The Kier molecular flexibility index (Phi) is 5.19. The Morgan fingerprint density at radius 2 is 1.83 bits per heavy atom. The third-order valence-corrected chi connectivity index (χ3v) is 5.87. The number of hydrogen-bond acceptors (Lipinski definition) is 4. The summed E-state index contributed by atoms with van der Waals surface area (Å²) in [5.41, 5.74) is 3.23. The molecule has 1 aromatic carbocycles. The minimum absolute atomic E-state index is 0.113. The van der Waals surface area contributed by atoms with Gasteiger partial charge in [-0.3, -0.25) is 4.79 Å². The van der Waals surface area contributed by atoms with Crippen molar-refractivity contribution < 1.29 is 4.79 Å². The summed E-state index contributed by atoms with van der Waals surface area (Å²) in [4.78, 5) is 20.7. The molecule has 1 saturated heterocycles. The zero-order valence-electron chi connectivity index (χ0n) is 14.7. The average molecular weight is 343 g/mol. The molecule has 1 fully saturated rings. The van der Waals surface area contributed by atoms with Gasteiger partial charge in [-0.15, -0.1) is 0 Å². The van der Waals surface area contributed by atoms with Gasteiger partial charge in [-0.2, -0.15) is 0 Å². The molecule has 2 aromatic rings. The minimum atomic E-state index is 0.113. The Balaban J connectivity index is 1.91. The van der Waals surface area contributed by atoms with Crippen molar-refractivity contribution in [1.29, 1.82) is 0 Å². The van der Waals surface area contributed by atoms with Gasteiger partial charge in [0.15, 0.2) is 10.6 Å². The summed E-state index contributed by atoms with van der Waals surface area (Å²) >= 11 is 1.48. The molecular formula is C19H25N3OS. The highest BCUT2D eigenvalue weighted by Crippen LogP contribution is 2.23. The quantitative estimate of drug-likeness (QED) is 0.776. The zero-order chi connectivity index (χ0) is 17.1. The first kappa shape index (κ1) is 17.0. The second kappa shape index (κ2) is 7.34. The lowest BCUT2D eigenvalue weighted by atomic mass is 10.1. The highest BCUT2D eigenvalue weighted by Gasteiger charge is 2.13. The second-order valence-corrected chi connectivity index (χ2v) is 7.25. The van der Waals surface area contributed by atoms with Crippen molar-refractivity contribution in [3.8, 4) is 0 Å². The molecule has 0 unspecified atom stereocenters. The fourth-order valence-corrected chi connectivity index (χ4v) is 4.38. The Labute approximate surface area is 147 Å². The molecule has 0 saturated carbocycles. The van der Waals surface area contributed by atoms with Crippen LogP contribution >= 0.6 is 11.3 Å². The van der Waals surface area contributed by atoms with Gasteiger partial charge < -0.3 is 9.47 Å². The summed E-state index contributed by atoms with van der Waals surface area (Å²) in [7, 11) is 0. The predicted molar refractivity (Wildman–Crippen MR) is 100 cm³/mol. The molecule has 24 heavy (non-hydrogen) atoms. The number of Topliss-reactive ketones (excluding diaryl/α,β-unsaturated/α-hetero) is 1. The summed E-state index contributed by atoms with van der Waals surface area (Å²) in [5.74, 6) is 0.113. The van der Waals surface area contributed by atoms with Gasteiger partial charge in [0.1, 0.15) is 0 Å². The lowest BCUT2D eigenvalue weighted by Gasteiger charge is -2.28. The number of carbonyl (C=O) groups is 1. The van der Waals surface area contributed by atoms with E-state index in [1.165, 1.54) is 36.3 Å². The van der Waals surface area contributed by atoms with E-state index in [-0.39, 0.29) is 5.78 Å². The number of hydrogen-bond donors (Lipinski definition) is 0. The summed E-state index contributed by atoms with van der Waals surface area (Å²) in [6.45, 7) is 8.82. The van der Waals surface area contributed by atoms with E-state index in [1.807, 2.05) is 6.92 Å². The third kappa shape index (κ3) is 3.46. The normalized spacial score (nSPS) is 15.8. The molecule has 2 heterocycles. The molecule has 0 N–H and O–H groups in total. The standard InChI is InChI=1S/C19H25N3OS/c1-4-22-14(2)18(15(3)23)24-19(22)20-16-8-10-17(11-9-16)21-12-6-5-7-13-21/h8-11H,4-7,12-13H2,1-3H3. The van der Waals surface area contributed by atoms with Crippen LogP contribution in [0.4, 0.5) is 11.4 Å². The molecule has 5 heteroatoms. The number of benzene rings is 1. The van der Waals surface area contributed by atoms with Crippen molar-refractivity contribution in [2.24, 2.45) is 4.99 Å². The van der Waals surface area contributed by atoms with Crippen LogP contribution in [0, 0.1) is 6.92 Å². The topological polar surface area (TPSA) is 37.6 Å². The van der Waals surface area contributed by atoms with Crippen molar-refractivity contribution >= 4 is 28.5 Å². The van der Waals surface area contributed by atoms with Crippen LogP contribution in [0.15, 0.2) is 29.3 Å². The van der Waals surface area contributed by atoms with Crippen molar-refractivity contribution in [2.45, 2.75) is 46.6 Å². The second-order valence-electron chi connectivity index (χ2n) is 6.28. The maximum Gasteiger partial charge on any atom is 0.190 e. The zero-order valence-corrected chi connectivity index (χ0v) is 15.5. The van der Waals surface area contributed by atoms with Gasteiger partial charge in [-0.05, 0) is 57.4 Å². The van der Waals surface area contributed by atoms with E-state index >= 15 is 0 Å². The van der Waals surface area contributed by atoms with Gasteiger partial charge in [0, 0.05) is 37.9 Å². The third-order valence-electron chi connectivity index (χ3n) is 4.59. The first-order chi connectivity index (χ1) is 11.6. The number of anilines is 1. The fraction of sp³-hybridized carbons (Fsp3) is 0.474. The van der Waals surface area contributed by atoms with Crippen LogP contribution in [0.25, 0.3) is 0 Å². The van der Waals surface area contributed by atoms with Crippen molar-refractivity contribution in [2.75, 3.05) is 18.0 Å². The van der Waals surface area contributed by atoms with Crippen molar-refractivity contribution in [3.63, 3.8) is 0 Å². The molecule has 4 nitrogen and oxygen atoms in total. The molecular weight excluding hydrogens is 318 g/mol. The van der Waals surface area contributed by atoms with Crippen LogP contribution in [0.5, 0.6) is 0 Å². The summed E-state index contributed by atoms with van der Waals surface area (Å²) in [6, 6.07) is 8.47. The average Bonchev–Trinajstić information content (AvgIpc) is 2.92. The Hall–Kier alpha value is -1.88. The Morgan fingerprint density at radius 3 is 2.42 bits per heavy atom. The lowest BCUT2D eigenvalue weighted by Crippen LogP contribution is -2.29. The molecule has 128 valence electrons. The van der Waals surface area contributed by atoms with Gasteiger partial charge in [0.25, 0.3) is 0 Å². The molecule has 0 bridgehead atoms. The lowest BCUT2D eigenvalue weighted by molar-refractivity contribution is 0.102. The van der Waals surface area contributed by atoms with E-state index in [9.17, 15) is 4.79 Å². The Bertz CT molecular complexity index is 780. The number of aromatic nitrogens is 1. The summed E-state index contributed by atoms with van der Waals surface area (Å²) in [6.07, 6.45) is 3.91. The van der Waals surface area contributed by atoms with Crippen LogP contribution in [0.3, 0.4) is 0 Å². The van der Waals surface area contributed by atoms with E-state index < -0.39 is 0 Å². The number of piperidine rings is 1. The number of rotatable bonds is 4. The first-order valence-corrected chi connectivity index (χ1v) is 9.52. The molecule has 1 aliphatic heterocycles. The van der Waals surface area contributed by atoms with Gasteiger partial charge >= 0.3 is 0 Å². The summed E-state index contributed by atoms with van der Waals surface area (Å²) in [5, 5.41) is 0. The van der Waals surface area contributed by atoms with Crippen LogP contribution in [0.1, 0.15) is 48.5 Å². The molecule has 3 rings (SSSR count). The van der Waals surface area contributed by atoms with E-state index in [0.717, 1.165) is 40.7 Å². The molecule has 1 aliphatic rings. The number of nitrogens with zero attached hydrogens (tertiary/aromatic N) is 3. The van der Waals surface area contributed by atoms with Crippen molar-refractivity contribution in [1.82, 2.24) is 4.57 Å². The SMILES string of the molecule is CCn1c(C)c(C(C)=O)sc1=Nc1ccc(N2CCCCC2)cc1. The van der Waals surface area contributed by atoms with Crippen LogP contribution < -0.4 is 9.70 Å². The van der Waals surface area contributed by atoms with Crippen molar-refractivity contribution in [3.05, 3.63) is 39.6 Å². The largest absolute Gasteiger partial charge is 0.372 e. The van der Waals surface area contributed by atoms with Crippen LogP contribution in [0.2, 0.25) is 0 Å². The predicted octanol–water partition coefficient (Wildman–Crippen LogP) is 4.30. The number of thiazole rings is 1.